The number of esters is 1. The smallest absolute Gasteiger partial charge is 0.302 e. The summed E-state index contributed by atoms with van der Waals surface area (Å²) < 4.78 is 6.29. The van der Waals surface area contributed by atoms with Gasteiger partial charge in [0.15, 0.2) is 0 Å². The van der Waals surface area contributed by atoms with Crippen LogP contribution in [0, 0.1) is 45.8 Å². The van der Waals surface area contributed by atoms with Crippen molar-refractivity contribution in [2.45, 2.75) is 126 Å². The molecule has 0 aromatic carbocycles. The Kier molecular flexibility index (Phi) is 6.98. The molecule has 0 saturated heterocycles. The molecule has 0 aromatic rings. The molecule has 2 nitrogen and oxygen atoms in total. The Balaban J connectivity index is 1.69. The zero-order chi connectivity index (χ0) is 25.1. The summed E-state index contributed by atoms with van der Waals surface area (Å²) in [6.07, 6.45) is 12.5. The topological polar surface area (TPSA) is 26.3 Å². The molecule has 0 aliphatic heterocycles. The molecule has 0 spiro atoms. The summed E-state index contributed by atoms with van der Waals surface area (Å²) in [4.78, 5) is 12.4. The molecule has 4 aliphatic carbocycles. The molecular formula is C32H52O2. The normalized spacial score (nSPS) is 39.8. The summed E-state index contributed by atoms with van der Waals surface area (Å²) >= 11 is 0. The van der Waals surface area contributed by atoms with Crippen molar-refractivity contribution in [2.75, 3.05) is 0 Å². The monoisotopic (exact) mass is 468 g/mol. The third kappa shape index (κ3) is 4.13. The maximum atomic E-state index is 12.4. The van der Waals surface area contributed by atoms with Crippen molar-refractivity contribution in [1.29, 1.82) is 0 Å². The quantitative estimate of drug-likeness (QED) is 0.287. The molecule has 0 bridgehead atoms. The lowest BCUT2D eigenvalue weighted by atomic mass is 9.46. The Morgan fingerprint density at radius 2 is 1.79 bits per heavy atom. The van der Waals surface area contributed by atoms with Crippen LogP contribution in [0.5, 0.6) is 0 Å². The summed E-state index contributed by atoms with van der Waals surface area (Å²) in [5.41, 5.74) is 5.65. The van der Waals surface area contributed by atoms with Gasteiger partial charge in [-0.1, -0.05) is 78.2 Å². The van der Waals surface area contributed by atoms with Gasteiger partial charge in [0.25, 0.3) is 0 Å². The SMILES string of the molecule is C=C(CC[C@@H](C)[C@H]1CC[C@H]2C3=C(C[C@H](OC(C)=O)[C@]12C)[C@@]1(C)CCCC(C)(C)C1CC3)C(C)C. The Morgan fingerprint density at radius 3 is 2.44 bits per heavy atom. The summed E-state index contributed by atoms with van der Waals surface area (Å²) in [7, 11) is 0. The number of hydrogen-bond acceptors (Lipinski definition) is 2. The highest BCUT2D eigenvalue weighted by Crippen LogP contribution is 2.68. The van der Waals surface area contributed by atoms with Crippen LogP contribution in [-0.2, 0) is 9.53 Å². The lowest BCUT2D eigenvalue weighted by Crippen LogP contribution is -2.54. The van der Waals surface area contributed by atoms with Gasteiger partial charge in [-0.25, -0.2) is 0 Å². The number of hydrogen-bond donors (Lipinski definition) is 0. The number of ether oxygens (including phenoxy) is 1. The van der Waals surface area contributed by atoms with Gasteiger partial charge in [-0.3, -0.25) is 4.79 Å². The molecule has 2 saturated carbocycles. The van der Waals surface area contributed by atoms with E-state index in [-0.39, 0.29) is 22.9 Å². The zero-order valence-corrected chi connectivity index (χ0v) is 23.6. The molecule has 2 heteroatoms. The van der Waals surface area contributed by atoms with Crippen molar-refractivity contribution >= 4 is 5.97 Å². The molecular weight excluding hydrogens is 416 g/mol. The third-order valence-electron chi connectivity index (χ3n) is 11.6. The van der Waals surface area contributed by atoms with E-state index >= 15 is 0 Å². The fraction of sp³-hybridized carbons (Fsp3) is 0.844. The standard InChI is InChI=1S/C32H52O2/c1-20(2)21(3)11-12-22(4)25-14-15-26-24-13-16-28-30(6,7)17-10-18-31(28,8)27(24)19-29(32(25,26)9)34-23(5)33/h20,22,25-26,28-29H,3,10-19H2,1-2,4-9H3/t22-,25-,26+,28?,29+,31-,32-/m1/s1. The second-order valence-corrected chi connectivity index (χ2v) is 14.1. The minimum atomic E-state index is -0.0954. The lowest BCUT2D eigenvalue weighted by molar-refractivity contribution is -0.160. The molecule has 4 rings (SSSR count). The average Bonchev–Trinajstić information content (AvgIpc) is 3.10. The fourth-order valence-electron chi connectivity index (χ4n) is 9.57. The van der Waals surface area contributed by atoms with Gasteiger partial charge in [0.2, 0.25) is 0 Å². The first kappa shape index (κ1) is 26.0. The molecule has 0 aromatic heterocycles. The number of carbonyl (C=O) groups excluding carboxylic acids is 1. The van der Waals surface area contributed by atoms with Gasteiger partial charge in [-0.15, -0.1) is 0 Å². The minimum absolute atomic E-state index is 0.0256. The first-order chi connectivity index (χ1) is 15.8. The van der Waals surface area contributed by atoms with E-state index in [1.54, 1.807) is 18.1 Å². The van der Waals surface area contributed by atoms with E-state index < -0.39 is 0 Å². The molecule has 0 N–H and O–H groups in total. The Morgan fingerprint density at radius 1 is 1.09 bits per heavy atom. The Labute approximate surface area is 210 Å². The van der Waals surface area contributed by atoms with E-state index in [0.717, 1.165) is 18.8 Å². The zero-order valence-electron chi connectivity index (χ0n) is 23.6. The van der Waals surface area contributed by atoms with Crippen molar-refractivity contribution in [3.05, 3.63) is 23.3 Å². The third-order valence-corrected chi connectivity index (χ3v) is 11.6. The predicted molar refractivity (Wildman–Crippen MR) is 142 cm³/mol. The summed E-state index contributed by atoms with van der Waals surface area (Å²) in [5.74, 6) is 3.06. The van der Waals surface area contributed by atoms with Crippen LogP contribution < -0.4 is 0 Å². The second kappa shape index (κ2) is 9.11. The van der Waals surface area contributed by atoms with Crippen molar-refractivity contribution in [3.8, 4) is 0 Å². The van der Waals surface area contributed by atoms with E-state index in [9.17, 15) is 4.79 Å². The average molecular weight is 469 g/mol. The predicted octanol–water partition coefficient (Wildman–Crippen LogP) is 8.91. The van der Waals surface area contributed by atoms with E-state index in [4.69, 9.17) is 4.74 Å². The molecule has 7 atom stereocenters. The van der Waals surface area contributed by atoms with E-state index in [1.165, 1.54) is 56.9 Å². The molecule has 0 amide bonds. The molecule has 192 valence electrons. The van der Waals surface area contributed by atoms with Crippen LogP contribution in [0.2, 0.25) is 0 Å². The van der Waals surface area contributed by atoms with Crippen LogP contribution in [0.25, 0.3) is 0 Å². The molecule has 4 aliphatic rings. The van der Waals surface area contributed by atoms with Gasteiger partial charge in [0, 0.05) is 18.8 Å². The van der Waals surface area contributed by atoms with Gasteiger partial charge in [-0.2, -0.15) is 0 Å². The fourth-order valence-corrected chi connectivity index (χ4v) is 9.57. The van der Waals surface area contributed by atoms with Crippen molar-refractivity contribution < 1.29 is 9.53 Å². The molecule has 34 heavy (non-hydrogen) atoms. The van der Waals surface area contributed by atoms with Crippen molar-refractivity contribution in [1.82, 2.24) is 0 Å². The van der Waals surface area contributed by atoms with Gasteiger partial charge < -0.3 is 4.74 Å². The molecule has 1 unspecified atom stereocenters. The van der Waals surface area contributed by atoms with E-state index in [2.05, 4.69) is 55.0 Å². The van der Waals surface area contributed by atoms with Crippen LogP contribution in [0.3, 0.4) is 0 Å². The molecule has 0 radical (unpaired) electrons. The number of allylic oxidation sites excluding steroid dienone is 2. The first-order valence-electron chi connectivity index (χ1n) is 14.4. The number of carbonyl (C=O) groups is 1. The van der Waals surface area contributed by atoms with Gasteiger partial charge in [-0.05, 0) is 91.8 Å². The van der Waals surface area contributed by atoms with Crippen LogP contribution >= 0.6 is 0 Å². The largest absolute Gasteiger partial charge is 0.462 e. The number of fused-ring (bicyclic) bond motifs is 4. The Bertz CT molecular complexity index is 847. The Hall–Kier alpha value is -1.05. The highest BCUT2D eigenvalue weighted by Gasteiger charge is 2.61. The minimum Gasteiger partial charge on any atom is -0.462 e. The summed E-state index contributed by atoms with van der Waals surface area (Å²) in [5, 5.41) is 0. The van der Waals surface area contributed by atoms with Crippen LogP contribution in [0.1, 0.15) is 120 Å². The van der Waals surface area contributed by atoms with E-state index in [1.807, 2.05) is 0 Å². The summed E-state index contributed by atoms with van der Waals surface area (Å²) in [6, 6.07) is 0. The molecule has 0 heterocycles. The van der Waals surface area contributed by atoms with Crippen molar-refractivity contribution in [3.63, 3.8) is 0 Å². The first-order valence-corrected chi connectivity index (χ1v) is 14.4. The van der Waals surface area contributed by atoms with Crippen LogP contribution in [0.15, 0.2) is 23.3 Å². The highest BCUT2D eigenvalue weighted by atomic mass is 16.5. The summed E-state index contributed by atoms with van der Waals surface area (Å²) in [6.45, 7) is 23.0. The highest BCUT2D eigenvalue weighted by molar-refractivity contribution is 5.66. The van der Waals surface area contributed by atoms with E-state index in [0.29, 0.717) is 29.1 Å². The maximum absolute atomic E-state index is 12.4. The van der Waals surface area contributed by atoms with Crippen LogP contribution in [-0.4, -0.2) is 12.1 Å². The van der Waals surface area contributed by atoms with Gasteiger partial charge in [0.1, 0.15) is 6.10 Å². The van der Waals surface area contributed by atoms with Gasteiger partial charge in [0.05, 0.1) is 0 Å². The second-order valence-electron chi connectivity index (χ2n) is 14.1. The van der Waals surface area contributed by atoms with Gasteiger partial charge >= 0.3 is 5.97 Å². The lowest BCUT2D eigenvalue weighted by Gasteiger charge is -2.60. The number of rotatable bonds is 6. The maximum Gasteiger partial charge on any atom is 0.302 e. The van der Waals surface area contributed by atoms with Crippen molar-refractivity contribution in [2.24, 2.45) is 45.8 Å². The molecule has 2 fully saturated rings. The van der Waals surface area contributed by atoms with Crippen LogP contribution in [0.4, 0.5) is 0 Å².